The molecule has 2 aromatic carbocycles. The lowest BCUT2D eigenvalue weighted by Gasteiger charge is -2.29. The number of aryl methyl sites for hydroxylation is 1. The van der Waals surface area contributed by atoms with E-state index >= 15 is 0 Å². The fourth-order valence-corrected chi connectivity index (χ4v) is 4.26. The highest BCUT2D eigenvalue weighted by atomic mass is 16.5. The fourth-order valence-electron chi connectivity index (χ4n) is 4.26. The Bertz CT molecular complexity index is 1290. The van der Waals surface area contributed by atoms with E-state index < -0.39 is 0 Å². The van der Waals surface area contributed by atoms with Gasteiger partial charge in [-0.1, -0.05) is 17.7 Å². The Hall–Kier alpha value is -4.11. The maximum atomic E-state index is 12.8. The Morgan fingerprint density at radius 1 is 1.11 bits per heavy atom. The number of fused-ring (bicyclic) bond motifs is 1. The molecular formula is C28H28N2O7. The Kier molecular flexibility index (Phi) is 7.23. The molecule has 3 heterocycles. The van der Waals surface area contributed by atoms with Crippen LogP contribution in [0.3, 0.4) is 0 Å². The summed E-state index contributed by atoms with van der Waals surface area (Å²) in [4.78, 5) is 39.5. The van der Waals surface area contributed by atoms with Crippen LogP contribution >= 0.6 is 0 Å². The molecule has 0 saturated carbocycles. The molecule has 1 fully saturated rings. The molecule has 1 unspecified atom stereocenters. The first-order valence-electron chi connectivity index (χ1n) is 12.2. The maximum absolute atomic E-state index is 12.8. The van der Waals surface area contributed by atoms with Gasteiger partial charge in [-0.05, 0) is 62.2 Å². The van der Waals surface area contributed by atoms with Gasteiger partial charge in [0.05, 0.1) is 18.3 Å². The summed E-state index contributed by atoms with van der Waals surface area (Å²) in [5.41, 5.74) is 1.95. The molecule has 0 spiro atoms. The lowest BCUT2D eigenvalue weighted by Crippen LogP contribution is -2.38. The maximum Gasteiger partial charge on any atom is 0.287 e. The van der Waals surface area contributed by atoms with Crippen molar-refractivity contribution in [2.24, 2.45) is 0 Å². The molecule has 3 aromatic rings. The third kappa shape index (κ3) is 5.83. The highest BCUT2D eigenvalue weighted by molar-refractivity contribution is 6.02. The van der Waals surface area contributed by atoms with Gasteiger partial charge in [0.15, 0.2) is 24.8 Å². The van der Waals surface area contributed by atoms with E-state index in [4.69, 9.17) is 18.6 Å². The zero-order chi connectivity index (χ0) is 25.8. The average molecular weight is 505 g/mol. The van der Waals surface area contributed by atoms with Gasteiger partial charge in [0.25, 0.3) is 11.8 Å². The Balaban J connectivity index is 1.25. The number of Topliss-reactive ketones (excluding diaryl/α,β-unsaturated/α-hetero) is 1. The van der Waals surface area contributed by atoms with Crippen LogP contribution in [0, 0.1) is 6.92 Å². The molecule has 2 aliphatic heterocycles. The molecule has 0 radical (unpaired) electrons. The van der Waals surface area contributed by atoms with E-state index in [-0.39, 0.29) is 49.2 Å². The molecule has 2 amide bonds. The van der Waals surface area contributed by atoms with Crippen LogP contribution in [0.4, 0.5) is 5.69 Å². The molecule has 9 heteroatoms. The van der Waals surface area contributed by atoms with Crippen LogP contribution in [0.2, 0.25) is 0 Å². The van der Waals surface area contributed by atoms with Crippen LogP contribution in [0.15, 0.2) is 59.0 Å². The smallest absolute Gasteiger partial charge is 0.287 e. The summed E-state index contributed by atoms with van der Waals surface area (Å²) in [6.07, 6.45) is 1.94. The van der Waals surface area contributed by atoms with Crippen molar-refractivity contribution in [2.45, 2.75) is 32.4 Å². The molecule has 5 rings (SSSR count). The van der Waals surface area contributed by atoms with Gasteiger partial charge in [0.1, 0.15) is 17.3 Å². The number of nitrogens with zero attached hydrogens (tertiary/aromatic N) is 1. The minimum atomic E-state index is -0.336. The number of furan rings is 1. The van der Waals surface area contributed by atoms with Crippen LogP contribution in [-0.2, 0) is 16.1 Å². The van der Waals surface area contributed by atoms with Crippen LogP contribution in [-0.4, -0.2) is 50.1 Å². The van der Waals surface area contributed by atoms with Gasteiger partial charge in [-0.3, -0.25) is 19.3 Å². The van der Waals surface area contributed by atoms with Crippen LogP contribution in [0.1, 0.15) is 45.1 Å². The summed E-state index contributed by atoms with van der Waals surface area (Å²) in [6, 6.07) is 15.6. The molecule has 1 atom stereocenters. The van der Waals surface area contributed by atoms with Crippen molar-refractivity contribution >= 4 is 23.3 Å². The second kappa shape index (κ2) is 10.9. The highest BCUT2D eigenvalue weighted by Crippen LogP contribution is 2.34. The molecule has 9 nitrogen and oxygen atoms in total. The van der Waals surface area contributed by atoms with Crippen LogP contribution in [0.25, 0.3) is 0 Å². The first kappa shape index (κ1) is 24.6. The summed E-state index contributed by atoms with van der Waals surface area (Å²) in [7, 11) is 0. The quantitative estimate of drug-likeness (QED) is 0.443. The summed E-state index contributed by atoms with van der Waals surface area (Å²) in [5, 5.41) is 2.82. The first-order valence-corrected chi connectivity index (χ1v) is 12.2. The molecule has 192 valence electrons. The Morgan fingerprint density at radius 2 is 1.95 bits per heavy atom. The largest absolute Gasteiger partial charge is 0.485 e. The zero-order valence-corrected chi connectivity index (χ0v) is 20.5. The fraction of sp³-hybridized carbons (Fsp3) is 0.321. The van der Waals surface area contributed by atoms with Crippen molar-refractivity contribution < 1.29 is 33.0 Å². The number of hydrogen-bond acceptors (Lipinski definition) is 7. The van der Waals surface area contributed by atoms with E-state index in [0.717, 1.165) is 18.4 Å². The number of ether oxygens (including phenoxy) is 3. The molecule has 1 saturated heterocycles. The van der Waals surface area contributed by atoms with Crippen molar-refractivity contribution in [3.05, 3.63) is 77.2 Å². The number of ketones is 1. The molecule has 2 aliphatic rings. The zero-order valence-electron chi connectivity index (χ0n) is 20.5. The van der Waals surface area contributed by atoms with Crippen LogP contribution in [0.5, 0.6) is 11.5 Å². The van der Waals surface area contributed by atoms with Crippen molar-refractivity contribution in [3.63, 3.8) is 0 Å². The Labute approximate surface area is 214 Å². The van der Waals surface area contributed by atoms with Gasteiger partial charge in [0, 0.05) is 18.7 Å². The molecule has 0 bridgehead atoms. The number of carbonyl (C=O) groups excluding carboxylic acids is 3. The summed E-state index contributed by atoms with van der Waals surface area (Å²) in [6.45, 7) is 2.93. The first-order chi connectivity index (χ1) is 18.0. The normalized spacial score (nSPS) is 16.7. The van der Waals surface area contributed by atoms with Gasteiger partial charge in [-0.15, -0.1) is 0 Å². The SMILES string of the molecule is Cc1ccc(OCC(=O)c2ccc3c(c2)N(Cc2ccc(C(=O)NCC4CCCO4)o2)C(=O)CO3)cc1. The van der Waals surface area contributed by atoms with Crippen molar-refractivity contribution in [3.8, 4) is 11.5 Å². The lowest BCUT2D eigenvalue weighted by atomic mass is 10.1. The standard InChI is InChI=1S/C28H28N2O7/c1-18-4-7-20(8-5-18)35-16-24(31)19-6-10-25-23(13-19)30(27(32)17-36-25)15-22-9-11-26(37-22)28(33)29-14-21-3-2-12-34-21/h4-11,13,21H,2-3,12,14-17H2,1H3,(H,29,33). The third-order valence-electron chi connectivity index (χ3n) is 6.33. The number of benzene rings is 2. The van der Waals surface area contributed by atoms with Crippen molar-refractivity contribution in [1.29, 1.82) is 0 Å². The van der Waals surface area contributed by atoms with Gasteiger partial charge in [0.2, 0.25) is 0 Å². The monoisotopic (exact) mass is 504 g/mol. The summed E-state index contributed by atoms with van der Waals surface area (Å²) in [5.74, 6) is 0.825. The van der Waals surface area contributed by atoms with E-state index in [0.29, 0.717) is 41.7 Å². The topological polar surface area (TPSA) is 107 Å². The van der Waals surface area contributed by atoms with E-state index in [2.05, 4.69) is 5.32 Å². The summed E-state index contributed by atoms with van der Waals surface area (Å²) >= 11 is 0. The van der Waals surface area contributed by atoms with E-state index in [1.807, 2.05) is 31.2 Å². The lowest BCUT2D eigenvalue weighted by molar-refractivity contribution is -0.121. The number of amides is 2. The second-order valence-corrected chi connectivity index (χ2v) is 9.09. The Morgan fingerprint density at radius 3 is 2.73 bits per heavy atom. The average Bonchev–Trinajstić information content (AvgIpc) is 3.61. The van der Waals surface area contributed by atoms with Crippen molar-refractivity contribution in [2.75, 3.05) is 31.3 Å². The highest BCUT2D eigenvalue weighted by Gasteiger charge is 2.28. The van der Waals surface area contributed by atoms with Gasteiger partial charge in [-0.2, -0.15) is 0 Å². The molecule has 0 aliphatic carbocycles. The molecule has 1 N–H and O–H groups in total. The van der Waals surface area contributed by atoms with Gasteiger partial charge < -0.3 is 23.9 Å². The number of hydrogen-bond donors (Lipinski definition) is 1. The van der Waals surface area contributed by atoms with E-state index in [9.17, 15) is 14.4 Å². The minimum absolute atomic E-state index is 0.0278. The number of rotatable bonds is 9. The predicted molar refractivity (Wildman–Crippen MR) is 134 cm³/mol. The predicted octanol–water partition coefficient (Wildman–Crippen LogP) is 3.68. The van der Waals surface area contributed by atoms with E-state index in [1.165, 1.54) is 4.90 Å². The summed E-state index contributed by atoms with van der Waals surface area (Å²) < 4.78 is 22.4. The number of carbonyl (C=O) groups is 3. The van der Waals surface area contributed by atoms with Gasteiger partial charge in [-0.25, -0.2) is 0 Å². The number of nitrogens with one attached hydrogen (secondary N) is 1. The van der Waals surface area contributed by atoms with Crippen LogP contribution < -0.4 is 19.7 Å². The van der Waals surface area contributed by atoms with E-state index in [1.54, 1.807) is 30.3 Å². The molecule has 1 aromatic heterocycles. The minimum Gasteiger partial charge on any atom is -0.485 e. The number of anilines is 1. The second-order valence-electron chi connectivity index (χ2n) is 9.09. The van der Waals surface area contributed by atoms with Crippen molar-refractivity contribution in [1.82, 2.24) is 5.32 Å². The molecular weight excluding hydrogens is 476 g/mol. The molecule has 37 heavy (non-hydrogen) atoms. The van der Waals surface area contributed by atoms with Gasteiger partial charge >= 0.3 is 0 Å². The third-order valence-corrected chi connectivity index (χ3v) is 6.33.